The third kappa shape index (κ3) is 5.51. The van der Waals surface area contributed by atoms with Gasteiger partial charge in [-0.2, -0.15) is 0 Å². The number of hydrogen-bond donors (Lipinski definition) is 2. The summed E-state index contributed by atoms with van der Waals surface area (Å²) in [5.74, 6) is 1.33. The summed E-state index contributed by atoms with van der Waals surface area (Å²) in [6, 6.07) is 4.26. The molecule has 0 radical (unpaired) electrons. The molecule has 4 nitrogen and oxygen atoms in total. The first kappa shape index (κ1) is 15.0. The number of hydrogen-bond acceptors (Lipinski definition) is 3. The van der Waals surface area contributed by atoms with Crippen molar-refractivity contribution in [3.63, 3.8) is 0 Å². The predicted molar refractivity (Wildman–Crippen MR) is 78.6 cm³/mol. The maximum absolute atomic E-state index is 5.27. The Balaban J connectivity index is 2.23. The highest BCUT2D eigenvalue weighted by Crippen LogP contribution is 2.19. The Labute approximate surface area is 113 Å². The molecule has 0 saturated carbocycles. The molecule has 2 N–H and O–H groups in total. The van der Waals surface area contributed by atoms with E-state index in [0.29, 0.717) is 12.5 Å². The second-order valence-corrected chi connectivity index (χ2v) is 4.97. The van der Waals surface area contributed by atoms with E-state index in [1.807, 2.05) is 6.92 Å². The van der Waals surface area contributed by atoms with Crippen LogP contribution in [0.1, 0.15) is 24.6 Å². The smallest absolute Gasteiger partial charge is 0.191 e. The van der Waals surface area contributed by atoms with Crippen molar-refractivity contribution in [3.05, 3.63) is 22.4 Å². The number of aliphatic imine (C=N–C) groups is 1. The molecule has 5 heteroatoms. The maximum atomic E-state index is 5.27. The molecule has 102 valence electrons. The second-order valence-electron chi connectivity index (χ2n) is 3.99. The van der Waals surface area contributed by atoms with Crippen molar-refractivity contribution in [2.75, 3.05) is 33.4 Å². The monoisotopic (exact) mass is 269 g/mol. The molecule has 1 aromatic rings. The number of rotatable bonds is 7. The third-order valence-electron chi connectivity index (χ3n) is 2.57. The fourth-order valence-corrected chi connectivity index (χ4v) is 2.32. The highest BCUT2D eigenvalue weighted by molar-refractivity contribution is 7.10. The molecule has 1 rings (SSSR count). The zero-order valence-corrected chi connectivity index (χ0v) is 12.2. The second kappa shape index (κ2) is 8.94. The van der Waals surface area contributed by atoms with Gasteiger partial charge in [0.2, 0.25) is 0 Å². The van der Waals surface area contributed by atoms with E-state index in [-0.39, 0.29) is 0 Å². The summed E-state index contributed by atoms with van der Waals surface area (Å²) in [7, 11) is 1.78. The normalized spacial score (nSPS) is 13.4. The van der Waals surface area contributed by atoms with Gasteiger partial charge in [0.1, 0.15) is 0 Å². The number of ether oxygens (including phenoxy) is 1. The lowest BCUT2D eigenvalue weighted by Crippen LogP contribution is -2.40. The van der Waals surface area contributed by atoms with E-state index in [9.17, 15) is 0 Å². The van der Waals surface area contributed by atoms with Gasteiger partial charge in [0.15, 0.2) is 5.96 Å². The van der Waals surface area contributed by atoms with Gasteiger partial charge >= 0.3 is 0 Å². The van der Waals surface area contributed by atoms with Gasteiger partial charge in [0.05, 0.1) is 6.61 Å². The predicted octanol–water partition coefficient (Wildman–Crippen LogP) is 2.05. The van der Waals surface area contributed by atoms with Crippen LogP contribution in [0.4, 0.5) is 0 Å². The van der Waals surface area contributed by atoms with Crippen LogP contribution in [0.5, 0.6) is 0 Å². The highest BCUT2D eigenvalue weighted by Gasteiger charge is 2.07. The van der Waals surface area contributed by atoms with E-state index in [4.69, 9.17) is 4.74 Å². The molecule has 0 aliphatic carbocycles. The Kier molecular flexibility index (Phi) is 7.44. The van der Waals surface area contributed by atoms with Crippen molar-refractivity contribution in [1.29, 1.82) is 0 Å². The lowest BCUT2D eigenvalue weighted by atomic mass is 10.1. The van der Waals surface area contributed by atoms with E-state index in [1.54, 1.807) is 18.4 Å². The molecule has 1 heterocycles. The zero-order valence-electron chi connectivity index (χ0n) is 11.4. The van der Waals surface area contributed by atoms with Gasteiger partial charge in [0.25, 0.3) is 0 Å². The molecule has 1 unspecified atom stereocenters. The summed E-state index contributed by atoms with van der Waals surface area (Å²) >= 11 is 1.79. The average Bonchev–Trinajstić information content (AvgIpc) is 2.91. The summed E-state index contributed by atoms with van der Waals surface area (Å²) in [5, 5.41) is 8.66. The summed E-state index contributed by atoms with van der Waals surface area (Å²) < 4.78 is 5.27. The van der Waals surface area contributed by atoms with Crippen LogP contribution in [0, 0.1) is 0 Å². The molecule has 0 aliphatic heterocycles. The largest absolute Gasteiger partial charge is 0.380 e. The Morgan fingerprint density at radius 3 is 2.94 bits per heavy atom. The lowest BCUT2D eigenvalue weighted by Gasteiger charge is -2.15. The van der Waals surface area contributed by atoms with Gasteiger partial charge in [-0.1, -0.05) is 13.0 Å². The lowest BCUT2D eigenvalue weighted by molar-refractivity contribution is 0.152. The van der Waals surface area contributed by atoms with Crippen molar-refractivity contribution < 1.29 is 4.74 Å². The van der Waals surface area contributed by atoms with E-state index in [0.717, 1.165) is 25.7 Å². The quantitative estimate of drug-likeness (QED) is 0.452. The van der Waals surface area contributed by atoms with E-state index in [1.165, 1.54) is 4.88 Å². The molecule has 0 amide bonds. The summed E-state index contributed by atoms with van der Waals surface area (Å²) in [6.07, 6.45) is 0. The van der Waals surface area contributed by atoms with Gasteiger partial charge in [0, 0.05) is 37.5 Å². The zero-order chi connectivity index (χ0) is 13.2. The first-order chi connectivity index (χ1) is 8.77. The van der Waals surface area contributed by atoms with Crippen LogP contribution >= 0.6 is 11.3 Å². The van der Waals surface area contributed by atoms with Crippen LogP contribution in [-0.2, 0) is 4.74 Å². The van der Waals surface area contributed by atoms with Gasteiger partial charge in [-0.15, -0.1) is 11.3 Å². The number of guanidine groups is 1. The van der Waals surface area contributed by atoms with E-state index >= 15 is 0 Å². The maximum Gasteiger partial charge on any atom is 0.191 e. The minimum Gasteiger partial charge on any atom is -0.380 e. The fourth-order valence-electron chi connectivity index (χ4n) is 1.53. The molecule has 18 heavy (non-hydrogen) atoms. The van der Waals surface area contributed by atoms with Crippen molar-refractivity contribution in [2.24, 2.45) is 4.99 Å². The number of nitrogens with one attached hydrogen (secondary N) is 2. The molecule has 0 fully saturated rings. The number of nitrogens with zero attached hydrogens (tertiary/aromatic N) is 1. The molecule has 1 aromatic heterocycles. The van der Waals surface area contributed by atoms with E-state index < -0.39 is 0 Å². The molecule has 1 atom stereocenters. The van der Waals surface area contributed by atoms with Crippen molar-refractivity contribution in [3.8, 4) is 0 Å². The minimum atomic E-state index is 0.496. The molecule has 0 saturated heterocycles. The van der Waals surface area contributed by atoms with Crippen LogP contribution in [0.2, 0.25) is 0 Å². The summed E-state index contributed by atoms with van der Waals surface area (Å²) in [6.45, 7) is 7.33. The van der Waals surface area contributed by atoms with Gasteiger partial charge in [-0.3, -0.25) is 4.99 Å². The first-order valence-electron chi connectivity index (χ1n) is 6.33. The summed E-state index contributed by atoms with van der Waals surface area (Å²) in [5.41, 5.74) is 0. The standard InChI is InChI=1S/C13H23N3OS/c1-4-17-8-7-15-13(14-3)16-10-11(2)12-6-5-9-18-12/h5-6,9,11H,4,7-8,10H2,1-3H3,(H2,14,15,16). The van der Waals surface area contributed by atoms with Crippen LogP contribution in [0.3, 0.4) is 0 Å². The van der Waals surface area contributed by atoms with Gasteiger partial charge in [-0.05, 0) is 18.4 Å². The van der Waals surface area contributed by atoms with Crippen LogP contribution in [0.25, 0.3) is 0 Å². The van der Waals surface area contributed by atoms with Crippen molar-refractivity contribution in [1.82, 2.24) is 10.6 Å². The van der Waals surface area contributed by atoms with Gasteiger partial charge in [-0.25, -0.2) is 0 Å². The Bertz CT molecular complexity index is 338. The molecule has 0 aromatic carbocycles. The molecule has 0 bridgehead atoms. The Morgan fingerprint density at radius 2 is 2.33 bits per heavy atom. The fraction of sp³-hybridized carbons (Fsp3) is 0.615. The highest BCUT2D eigenvalue weighted by atomic mass is 32.1. The first-order valence-corrected chi connectivity index (χ1v) is 7.21. The average molecular weight is 269 g/mol. The van der Waals surface area contributed by atoms with Crippen LogP contribution in [0.15, 0.2) is 22.5 Å². The topological polar surface area (TPSA) is 45.6 Å². The Morgan fingerprint density at radius 1 is 1.50 bits per heavy atom. The van der Waals surface area contributed by atoms with Crippen LogP contribution in [-0.4, -0.2) is 39.3 Å². The third-order valence-corrected chi connectivity index (χ3v) is 3.67. The molecular weight excluding hydrogens is 246 g/mol. The molecular formula is C13H23N3OS. The SMILES string of the molecule is CCOCCNC(=NC)NCC(C)c1cccs1. The number of thiophene rings is 1. The van der Waals surface area contributed by atoms with Gasteiger partial charge < -0.3 is 15.4 Å². The Hall–Kier alpha value is -1.07. The summed E-state index contributed by atoms with van der Waals surface area (Å²) in [4.78, 5) is 5.58. The van der Waals surface area contributed by atoms with E-state index in [2.05, 4.69) is 40.1 Å². The molecule has 0 aliphatic rings. The minimum absolute atomic E-state index is 0.496. The van der Waals surface area contributed by atoms with Crippen molar-refractivity contribution >= 4 is 17.3 Å². The molecule has 0 spiro atoms. The van der Waals surface area contributed by atoms with Crippen LogP contribution < -0.4 is 10.6 Å². The van der Waals surface area contributed by atoms with Crippen molar-refractivity contribution in [2.45, 2.75) is 19.8 Å².